The summed E-state index contributed by atoms with van der Waals surface area (Å²) in [5.41, 5.74) is 33.3. The third-order valence-corrected chi connectivity index (χ3v) is 16.8. The molecule has 19 nitrogen and oxygen atoms in total. The van der Waals surface area contributed by atoms with Crippen LogP contribution in [-0.2, 0) is 4.74 Å². The van der Waals surface area contributed by atoms with Gasteiger partial charge in [0, 0.05) is 12.2 Å². The topological polar surface area (TPSA) is 260 Å². The molecule has 8 aromatic rings. The molecule has 0 unspecified atom stereocenters. The number of nitrogens with one attached hydrogen (secondary N) is 1. The van der Waals surface area contributed by atoms with Crippen LogP contribution >= 0.6 is 0 Å². The number of azo groups is 3. The van der Waals surface area contributed by atoms with Gasteiger partial charge in [-0.15, -0.1) is 30.7 Å². The number of amides is 1. The molecule has 0 bridgehead atoms. The van der Waals surface area contributed by atoms with Gasteiger partial charge in [0.2, 0.25) is 0 Å². The van der Waals surface area contributed by atoms with Crippen molar-refractivity contribution in [2.24, 2.45) is 36.4 Å². The number of hydrogen-bond donors (Lipinski definition) is 5. The summed E-state index contributed by atoms with van der Waals surface area (Å²) in [7, 11) is 0. The van der Waals surface area contributed by atoms with Crippen LogP contribution in [0.25, 0.3) is 0 Å². The number of nitrogens with two attached hydrogens (primary N) is 2. The van der Waals surface area contributed by atoms with Gasteiger partial charge in [-0.25, -0.2) is 4.79 Å². The molecule has 0 aliphatic rings. The predicted molar refractivity (Wildman–Crippen MR) is 443 cm³/mol. The number of benzene rings is 8. The fourth-order valence-electron chi connectivity index (χ4n) is 11.3. The Balaban J connectivity index is 0.000000301. The summed E-state index contributed by atoms with van der Waals surface area (Å²) in [5.74, 6) is 5.73. The average Bonchev–Trinajstić information content (AvgIpc) is 0.839. The first-order valence-corrected chi connectivity index (χ1v) is 37.9. The van der Waals surface area contributed by atoms with E-state index < -0.39 is 11.7 Å². The second-order valence-electron chi connectivity index (χ2n) is 28.6. The molecule has 8 rings (SSSR count). The number of phenols is 2. The normalized spacial score (nSPS) is 11.0. The number of ether oxygens (including phenoxy) is 7. The fourth-order valence-corrected chi connectivity index (χ4v) is 11.3. The first-order valence-electron chi connectivity index (χ1n) is 37.9. The monoisotopic (exact) mass is 1480 g/mol. The van der Waals surface area contributed by atoms with E-state index in [-0.39, 0.29) is 5.75 Å². The molecule has 19 heteroatoms. The number of phenolic OH excluding ortho intramolecular Hbond substituents is 2. The highest BCUT2D eigenvalue weighted by atomic mass is 16.6. The minimum absolute atomic E-state index is 0.255. The summed E-state index contributed by atoms with van der Waals surface area (Å²) in [6, 6.07) is 32.8. The molecule has 108 heavy (non-hydrogen) atoms. The number of nitrogen functional groups attached to an aromatic ring is 1. The Hall–Kier alpha value is -10.0. The largest absolute Gasteiger partial charge is 0.508 e. The van der Waals surface area contributed by atoms with Crippen LogP contribution in [-0.4, -0.2) is 74.6 Å². The molecule has 0 radical (unpaired) electrons. The van der Waals surface area contributed by atoms with Gasteiger partial charge in [-0.2, -0.15) is 0 Å². The number of aromatic hydroxyl groups is 2. The molecular formula is C89H125N9O10. The van der Waals surface area contributed by atoms with E-state index in [2.05, 4.69) is 63.7 Å². The summed E-state index contributed by atoms with van der Waals surface area (Å²) >= 11 is 0. The Morgan fingerprint density at radius 3 is 0.796 bits per heavy atom. The summed E-state index contributed by atoms with van der Waals surface area (Å²) in [6.07, 6.45) is 8.31. The summed E-state index contributed by atoms with van der Waals surface area (Å²) in [5, 5.41) is 48.3. The summed E-state index contributed by atoms with van der Waals surface area (Å²) < 4.78 is 39.7. The first kappa shape index (κ1) is 90.4. The van der Waals surface area contributed by atoms with Crippen LogP contribution in [0.1, 0.15) is 189 Å². The summed E-state index contributed by atoms with van der Waals surface area (Å²) in [4.78, 5) is 11.7. The van der Waals surface area contributed by atoms with Gasteiger partial charge < -0.3 is 60.2 Å². The molecule has 0 aliphatic carbocycles. The number of anilines is 1. The first-order chi connectivity index (χ1) is 51.2. The molecule has 586 valence electrons. The van der Waals surface area contributed by atoms with Crippen molar-refractivity contribution >= 4 is 45.9 Å². The van der Waals surface area contributed by atoms with E-state index in [1.54, 1.807) is 24.3 Å². The second kappa shape index (κ2) is 46.3. The van der Waals surface area contributed by atoms with Crippen LogP contribution in [0.3, 0.4) is 0 Å². The standard InChI is InChI=1S/C27H39N3O4.C22H31N3O2.C20H26N2O2.C12H19NO.C8H10O/c1-9-10-12-32-22-14-18(2)24(19(3)15-22)29-30-25-20(4)16-23(17-21(25)5)33-13-11-28-26(31)34-27(6,7)8;1-6-7-9-26-19-11-15(2)21(16(3)12-19)24-25-22-17(4)13-20(14-18(22)5)27-10-8-23;1-6-7-8-24-18-11-15(4)20(16(5)12-18)22-21-19-13(2)9-17(23)10-14(19)3;1-4-5-6-14-11-7-9(2)12(13)10(3)8-11;1-6-3-7(2)5-8(9)4-6/h14-17H,9-13H2,1-8H3,(H,28,31);11-14H,6-10,23H2,1-5H3;9-12,23H,6-8H2,1-5H3;7-8H,4-6,13H2,1-3H3;3-5,9H,1-2H3. The molecule has 7 N–H and O–H groups in total. The van der Waals surface area contributed by atoms with Gasteiger partial charge in [-0.05, 0) is 343 Å². The molecule has 0 heterocycles. The molecule has 0 aromatic heterocycles. The molecule has 0 saturated heterocycles. The highest BCUT2D eigenvalue weighted by Gasteiger charge is 2.17. The van der Waals surface area contributed by atoms with Gasteiger partial charge in [0.15, 0.2) is 0 Å². The van der Waals surface area contributed by atoms with Crippen molar-refractivity contribution in [3.8, 4) is 46.0 Å². The minimum atomic E-state index is -0.523. The number of aryl methyl sites for hydroxylation is 16. The zero-order valence-electron chi connectivity index (χ0n) is 69.1. The fraction of sp³-hybridized carbons (Fsp3) is 0.449. The van der Waals surface area contributed by atoms with E-state index in [0.717, 1.165) is 241 Å². The Morgan fingerprint density at radius 1 is 0.343 bits per heavy atom. The highest BCUT2D eigenvalue weighted by molar-refractivity contribution is 5.68. The Kier molecular flexibility index (Phi) is 38.7. The van der Waals surface area contributed by atoms with Crippen molar-refractivity contribution in [1.82, 2.24) is 5.32 Å². The lowest BCUT2D eigenvalue weighted by Crippen LogP contribution is -2.34. The van der Waals surface area contributed by atoms with Gasteiger partial charge in [-0.1, -0.05) is 59.4 Å². The number of unbranched alkanes of at least 4 members (excludes halogenated alkanes) is 4. The van der Waals surface area contributed by atoms with Crippen LogP contribution in [0.5, 0.6) is 46.0 Å². The van der Waals surface area contributed by atoms with Gasteiger partial charge in [0.25, 0.3) is 0 Å². The molecule has 0 atom stereocenters. The van der Waals surface area contributed by atoms with Crippen LogP contribution in [0.15, 0.2) is 134 Å². The van der Waals surface area contributed by atoms with Crippen molar-refractivity contribution in [3.05, 3.63) is 192 Å². The van der Waals surface area contributed by atoms with Gasteiger partial charge in [0.05, 0.1) is 67.1 Å². The number of carbonyl (C=O) groups is 1. The van der Waals surface area contributed by atoms with Crippen molar-refractivity contribution in [1.29, 1.82) is 0 Å². The highest BCUT2D eigenvalue weighted by Crippen LogP contribution is 2.38. The maximum atomic E-state index is 11.7. The number of carbonyl (C=O) groups excluding carboxylic acids is 1. The number of nitrogens with zero attached hydrogens (tertiary/aromatic N) is 6. The Labute approximate surface area is 645 Å². The SMILES string of the molecule is CCCCOc1cc(C)c(N)c(C)c1.CCCCOc1cc(C)c(N=Nc2c(C)cc(O)cc2C)c(C)c1.CCCCOc1cc(C)c(N=Nc2c(C)cc(OCCN)cc2C)c(C)c1.CCCCOc1cc(C)c(N=Nc2c(C)cc(OCCNC(=O)OC(C)(C)C)cc2C)c(C)c1.Cc1cc(C)cc(O)c1. The quantitative estimate of drug-likeness (QED) is 0.0167. The smallest absolute Gasteiger partial charge is 0.407 e. The number of hydrogen-bond acceptors (Lipinski definition) is 18. The molecule has 0 fully saturated rings. The maximum absolute atomic E-state index is 11.7. The van der Waals surface area contributed by atoms with E-state index in [4.69, 9.17) is 49.7 Å². The van der Waals surface area contributed by atoms with E-state index in [0.29, 0.717) is 32.1 Å². The third kappa shape index (κ3) is 31.8. The molecule has 0 saturated carbocycles. The minimum Gasteiger partial charge on any atom is -0.508 e. The Morgan fingerprint density at radius 2 is 0.565 bits per heavy atom. The van der Waals surface area contributed by atoms with Crippen LogP contribution in [0.2, 0.25) is 0 Å². The lowest BCUT2D eigenvalue weighted by molar-refractivity contribution is 0.0520. The van der Waals surface area contributed by atoms with Crippen molar-refractivity contribution in [3.63, 3.8) is 0 Å². The molecule has 1 amide bonds. The molecule has 0 aliphatic heterocycles. The van der Waals surface area contributed by atoms with Crippen LogP contribution < -0.4 is 45.2 Å². The average molecular weight is 1480 g/mol. The zero-order valence-corrected chi connectivity index (χ0v) is 69.1. The molecular weight excluding hydrogens is 1360 g/mol. The van der Waals surface area contributed by atoms with Crippen LogP contribution in [0, 0.1) is 111 Å². The maximum Gasteiger partial charge on any atom is 0.407 e. The second-order valence-corrected chi connectivity index (χ2v) is 28.6. The lowest BCUT2D eigenvalue weighted by Gasteiger charge is -2.19. The lowest BCUT2D eigenvalue weighted by atomic mass is 10.1. The number of alkyl carbamates (subject to hydrolysis) is 1. The van der Waals surface area contributed by atoms with Crippen LogP contribution in [0.4, 0.5) is 44.6 Å². The Bertz CT molecular complexity index is 4060. The van der Waals surface area contributed by atoms with Crippen molar-refractivity contribution < 1.29 is 48.2 Å². The van der Waals surface area contributed by atoms with Crippen molar-refractivity contribution in [2.45, 2.75) is 216 Å². The molecule has 0 spiro atoms. The van der Waals surface area contributed by atoms with Gasteiger partial charge in [0.1, 0.15) is 64.8 Å². The number of rotatable bonds is 29. The summed E-state index contributed by atoms with van der Waals surface area (Å²) in [6.45, 7) is 50.7. The molecule has 8 aromatic carbocycles. The van der Waals surface area contributed by atoms with Gasteiger partial charge >= 0.3 is 6.09 Å². The van der Waals surface area contributed by atoms with E-state index in [1.165, 1.54) is 0 Å². The van der Waals surface area contributed by atoms with E-state index in [1.807, 2.05) is 210 Å². The zero-order chi connectivity index (χ0) is 80.2. The third-order valence-electron chi connectivity index (χ3n) is 16.8. The van der Waals surface area contributed by atoms with E-state index >= 15 is 0 Å². The van der Waals surface area contributed by atoms with Crippen molar-refractivity contribution in [2.75, 3.05) is 58.5 Å². The van der Waals surface area contributed by atoms with E-state index in [9.17, 15) is 9.90 Å². The predicted octanol–water partition coefficient (Wildman–Crippen LogP) is 24.6. The van der Waals surface area contributed by atoms with Gasteiger partial charge in [-0.3, -0.25) is 0 Å².